The van der Waals surface area contributed by atoms with Crippen LogP contribution in [0.5, 0.6) is 0 Å². The van der Waals surface area contributed by atoms with Crippen molar-refractivity contribution in [3.63, 3.8) is 0 Å². The van der Waals surface area contributed by atoms with E-state index in [4.69, 9.17) is 0 Å². The zero-order chi connectivity index (χ0) is 29.5. The molecule has 0 heterocycles. The molecule has 0 spiro atoms. The molecule has 0 unspecified atom stereocenters. The average molecular weight is 760 g/mol. The fourth-order valence-electron chi connectivity index (χ4n) is 1.80. The molecular formula is C35H72Y3-6. The molecule has 0 amide bonds. The van der Waals surface area contributed by atoms with E-state index < -0.39 is 0 Å². The van der Waals surface area contributed by atoms with Crippen molar-refractivity contribution in [1.82, 2.24) is 0 Å². The van der Waals surface area contributed by atoms with E-state index in [0.717, 1.165) is 24.7 Å². The Morgan fingerprint density at radius 3 is 0.974 bits per heavy atom. The van der Waals surface area contributed by atoms with Crippen molar-refractivity contribution >= 4 is 0 Å². The van der Waals surface area contributed by atoms with Crippen LogP contribution in [0.3, 0.4) is 0 Å². The molecule has 0 aliphatic heterocycles. The molecule has 38 heavy (non-hydrogen) atoms. The van der Waals surface area contributed by atoms with Gasteiger partial charge in [-0.05, 0) is 23.3 Å². The van der Waals surface area contributed by atoms with E-state index in [1.165, 1.54) is 24.8 Å². The van der Waals surface area contributed by atoms with Gasteiger partial charge in [0, 0.05) is 98.1 Å². The molecular weight excluding hydrogens is 687 g/mol. The Morgan fingerprint density at radius 1 is 0.579 bits per heavy atom. The van der Waals surface area contributed by atoms with Crippen LogP contribution >= 0.6 is 0 Å². The summed E-state index contributed by atoms with van der Waals surface area (Å²) in [6.45, 7) is 41.8. The summed E-state index contributed by atoms with van der Waals surface area (Å²) >= 11 is 0. The number of benzene rings is 1. The SMILES string of the molecule is CC.CC(C)c1ccccc1.C[CH-]C.C[CH-]C.C[CH-]C.[CH2-]C.[CH2-]CCC(C)C.[CH2-]CCCC(C)C.[Y].[Y].[Y]. The van der Waals surface area contributed by atoms with Gasteiger partial charge in [0.15, 0.2) is 0 Å². The van der Waals surface area contributed by atoms with E-state index in [9.17, 15) is 0 Å². The van der Waals surface area contributed by atoms with Crippen molar-refractivity contribution in [3.8, 4) is 0 Å². The molecule has 0 aliphatic rings. The summed E-state index contributed by atoms with van der Waals surface area (Å²) in [6.07, 6.45) is 12.1. The van der Waals surface area contributed by atoms with Crippen molar-refractivity contribution in [2.24, 2.45) is 11.8 Å². The first-order chi connectivity index (χ1) is 16.6. The first kappa shape index (κ1) is 67.9. The van der Waals surface area contributed by atoms with Crippen LogP contribution in [0.1, 0.15) is 147 Å². The second-order valence-electron chi connectivity index (χ2n) is 8.72. The number of hydrogen-bond acceptors (Lipinski definition) is 0. The fraction of sp³-hybridized carbons (Fsp3) is 0.657. The van der Waals surface area contributed by atoms with E-state index >= 15 is 0 Å². The van der Waals surface area contributed by atoms with Gasteiger partial charge in [0.1, 0.15) is 0 Å². The zero-order valence-corrected chi connectivity index (χ0v) is 37.8. The van der Waals surface area contributed by atoms with Crippen LogP contribution in [0, 0.1) is 51.9 Å². The standard InChI is InChI=1S/C9H12.C7H15.C6H13.3C3H7.C2H6.C2H5.3Y/c1-8(2)9-6-4-3-5-7-9;1-4-5-6-7(2)3;1-4-5-6(2)3;3*1-3-2;2*1-2;;;/h3-8H,1-2H3;7H,1,4-6H2,2-3H3;6H,1,4-5H2,2-3H3;3*3H,1-2H3;1-2H3;1H2,2H3;;;/q;5*-1;;-1;;;. The van der Waals surface area contributed by atoms with Crippen LogP contribution < -0.4 is 0 Å². The van der Waals surface area contributed by atoms with Crippen LogP contribution in [0.2, 0.25) is 0 Å². The minimum atomic E-state index is 0. The fourth-order valence-corrected chi connectivity index (χ4v) is 1.80. The number of unbranched alkanes of at least 4 members (excludes halogenated alkanes) is 1. The van der Waals surface area contributed by atoms with Crippen molar-refractivity contribution < 1.29 is 98.1 Å². The van der Waals surface area contributed by atoms with Crippen LogP contribution in [0.4, 0.5) is 0 Å². The van der Waals surface area contributed by atoms with Crippen molar-refractivity contribution in [2.45, 2.75) is 142 Å². The first-order valence-electron chi connectivity index (χ1n) is 14.2. The van der Waals surface area contributed by atoms with Gasteiger partial charge in [0.2, 0.25) is 0 Å². The third-order valence-electron chi connectivity index (χ3n) is 3.28. The molecule has 0 atom stereocenters. The smallest absolute Gasteiger partial charge is 0 e. The summed E-state index contributed by atoms with van der Waals surface area (Å²) in [4.78, 5) is 0. The summed E-state index contributed by atoms with van der Waals surface area (Å²) < 4.78 is 0. The van der Waals surface area contributed by atoms with E-state index in [2.05, 4.69) is 86.6 Å². The van der Waals surface area contributed by atoms with Gasteiger partial charge in [0.05, 0.1) is 0 Å². The quantitative estimate of drug-likeness (QED) is 0.253. The summed E-state index contributed by atoms with van der Waals surface area (Å²) in [5.41, 5.74) is 1.41. The normalized spacial score (nSPS) is 7.61. The van der Waals surface area contributed by atoms with Crippen LogP contribution in [0.15, 0.2) is 30.3 Å². The van der Waals surface area contributed by atoms with Gasteiger partial charge in [-0.15, -0.1) is 0 Å². The Labute approximate surface area is 323 Å². The second kappa shape index (κ2) is 77.4. The maximum absolute atomic E-state index is 3.76. The molecule has 0 aromatic heterocycles. The summed E-state index contributed by atoms with van der Waals surface area (Å²) in [5, 5.41) is 0. The second-order valence-corrected chi connectivity index (χ2v) is 8.72. The minimum absolute atomic E-state index is 0. The minimum Gasteiger partial charge on any atom is -0.346 e. The van der Waals surface area contributed by atoms with Crippen LogP contribution in [0.25, 0.3) is 0 Å². The number of hydrogen-bond donors (Lipinski definition) is 0. The monoisotopic (exact) mass is 759 g/mol. The Kier molecular flexibility index (Phi) is 138. The molecule has 0 nitrogen and oxygen atoms in total. The Balaban J connectivity index is -0.0000000310. The van der Waals surface area contributed by atoms with Crippen molar-refractivity contribution in [2.75, 3.05) is 0 Å². The predicted octanol–water partition coefficient (Wildman–Crippen LogP) is 13.3. The summed E-state index contributed by atoms with van der Waals surface area (Å²) in [6, 6.07) is 10.5. The van der Waals surface area contributed by atoms with E-state index in [1.54, 1.807) is 6.92 Å². The van der Waals surface area contributed by atoms with Gasteiger partial charge < -0.3 is 40.0 Å². The molecule has 1 aromatic rings. The molecule has 1 aromatic carbocycles. The summed E-state index contributed by atoms with van der Waals surface area (Å²) in [5.74, 6) is 2.36. The van der Waals surface area contributed by atoms with Crippen molar-refractivity contribution in [1.29, 1.82) is 0 Å². The molecule has 0 fully saturated rings. The van der Waals surface area contributed by atoms with E-state index in [0.29, 0.717) is 5.92 Å². The summed E-state index contributed by atoms with van der Waals surface area (Å²) in [7, 11) is 0. The largest absolute Gasteiger partial charge is 0.346 e. The topological polar surface area (TPSA) is 0 Å². The molecule has 0 saturated heterocycles. The molecule has 0 N–H and O–H groups in total. The maximum Gasteiger partial charge on any atom is 0 e. The van der Waals surface area contributed by atoms with Crippen LogP contribution in [-0.4, -0.2) is 0 Å². The van der Waals surface area contributed by atoms with Gasteiger partial charge in [-0.3, -0.25) is 0 Å². The van der Waals surface area contributed by atoms with Crippen LogP contribution in [-0.2, 0) is 98.1 Å². The zero-order valence-electron chi connectivity index (χ0n) is 29.2. The molecule has 227 valence electrons. The third-order valence-corrected chi connectivity index (χ3v) is 3.28. The molecule has 3 radical (unpaired) electrons. The van der Waals surface area contributed by atoms with Crippen molar-refractivity contribution in [3.05, 3.63) is 75.9 Å². The van der Waals surface area contributed by atoms with Gasteiger partial charge >= 0.3 is 0 Å². The van der Waals surface area contributed by atoms with Gasteiger partial charge in [0.25, 0.3) is 0 Å². The van der Waals surface area contributed by atoms with Gasteiger partial charge in [-0.25, -0.2) is 0 Å². The van der Waals surface area contributed by atoms with Gasteiger partial charge in [-0.2, -0.15) is 61.3 Å². The maximum atomic E-state index is 3.76. The molecule has 3 heteroatoms. The number of rotatable bonds is 6. The molecule has 0 bridgehead atoms. The van der Waals surface area contributed by atoms with E-state index in [1.807, 2.05) is 80.7 Å². The Morgan fingerprint density at radius 2 is 0.868 bits per heavy atom. The first-order valence-corrected chi connectivity index (χ1v) is 14.2. The molecule has 0 aliphatic carbocycles. The predicted molar refractivity (Wildman–Crippen MR) is 173 cm³/mol. The third kappa shape index (κ3) is 117. The Bertz CT molecular complexity index is 345. The van der Waals surface area contributed by atoms with Gasteiger partial charge in [-0.1, -0.05) is 105 Å². The average Bonchev–Trinajstić information content (AvgIpc) is 2.83. The molecule has 0 saturated carbocycles. The Hall–Kier alpha value is 2.53. The van der Waals surface area contributed by atoms with E-state index in [-0.39, 0.29) is 98.1 Å². The molecule has 1 rings (SSSR count).